The fourth-order valence-electron chi connectivity index (χ4n) is 1.45. The standard InChI is InChI=1S/C13H11NO/c15-13-7-2-1-5-11(13)8-9-12-6-3-4-10-14-12/h3-6,10H,1-2,7H2. The molecular weight excluding hydrogens is 186 g/mol. The summed E-state index contributed by atoms with van der Waals surface area (Å²) >= 11 is 0. The Morgan fingerprint density at radius 3 is 2.93 bits per heavy atom. The van der Waals surface area contributed by atoms with Gasteiger partial charge in [0.1, 0.15) is 5.69 Å². The van der Waals surface area contributed by atoms with Gasteiger partial charge < -0.3 is 0 Å². The third-order valence-corrected chi connectivity index (χ3v) is 2.25. The molecule has 0 unspecified atom stereocenters. The molecule has 0 aromatic carbocycles. The van der Waals surface area contributed by atoms with Gasteiger partial charge in [0.25, 0.3) is 0 Å². The van der Waals surface area contributed by atoms with Crippen LogP contribution < -0.4 is 0 Å². The largest absolute Gasteiger partial charge is 0.293 e. The number of hydrogen-bond acceptors (Lipinski definition) is 2. The zero-order valence-electron chi connectivity index (χ0n) is 8.36. The molecule has 0 saturated carbocycles. The molecule has 0 fully saturated rings. The molecule has 0 radical (unpaired) electrons. The predicted molar refractivity (Wildman–Crippen MR) is 58.1 cm³/mol. The highest BCUT2D eigenvalue weighted by Crippen LogP contribution is 2.12. The van der Waals surface area contributed by atoms with Crippen LogP contribution in [0.5, 0.6) is 0 Å². The van der Waals surface area contributed by atoms with Gasteiger partial charge in [-0.05, 0) is 30.9 Å². The van der Waals surface area contributed by atoms with E-state index >= 15 is 0 Å². The molecule has 1 aliphatic rings. The number of rotatable bonds is 0. The molecule has 15 heavy (non-hydrogen) atoms. The smallest absolute Gasteiger partial charge is 0.170 e. The molecule has 2 heteroatoms. The maximum Gasteiger partial charge on any atom is 0.170 e. The lowest BCUT2D eigenvalue weighted by atomic mass is 9.98. The molecule has 0 spiro atoms. The first-order valence-corrected chi connectivity index (χ1v) is 5.03. The fraction of sp³-hybridized carbons (Fsp3) is 0.231. The molecule has 1 aromatic heterocycles. The lowest BCUT2D eigenvalue weighted by Gasteiger charge is -2.04. The minimum absolute atomic E-state index is 0.157. The van der Waals surface area contributed by atoms with Gasteiger partial charge in [0, 0.05) is 12.6 Å². The van der Waals surface area contributed by atoms with E-state index < -0.39 is 0 Å². The number of ketones is 1. The third kappa shape index (κ3) is 2.54. The summed E-state index contributed by atoms with van der Waals surface area (Å²) in [4.78, 5) is 15.5. The molecule has 0 saturated heterocycles. The summed E-state index contributed by atoms with van der Waals surface area (Å²) in [5.41, 5.74) is 1.35. The van der Waals surface area contributed by atoms with Crippen LogP contribution in [0.3, 0.4) is 0 Å². The van der Waals surface area contributed by atoms with Crippen LogP contribution in [-0.2, 0) is 4.79 Å². The summed E-state index contributed by atoms with van der Waals surface area (Å²) in [6.45, 7) is 0. The number of Topliss-reactive ketones (excluding diaryl/α,β-unsaturated/α-hetero) is 1. The molecule has 0 amide bonds. The number of carbonyl (C=O) groups excluding carboxylic acids is 1. The van der Waals surface area contributed by atoms with Gasteiger partial charge in [-0.2, -0.15) is 0 Å². The summed E-state index contributed by atoms with van der Waals surface area (Å²) in [5.74, 6) is 5.94. The molecule has 74 valence electrons. The van der Waals surface area contributed by atoms with E-state index in [4.69, 9.17) is 0 Å². The quantitative estimate of drug-likeness (QED) is 0.596. The van der Waals surface area contributed by atoms with Gasteiger partial charge in [0.2, 0.25) is 0 Å². The van der Waals surface area contributed by atoms with Crippen molar-refractivity contribution in [1.82, 2.24) is 4.98 Å². The summed E-state index contributed by atoms with van der Waals surface area (Å²) in [7, 11) is 0. The zero-order chi connectivity index (χ0) is 10.5. The van der Waals surface area contributed by atoms with Crippen molar-refractivity contribution in [3.8, 4) is 11.8 Å². The number of carbonyl (C=O) groups is 1. The van der Waals surface area contributed by atoms with Gasteiger partial charge in [0.05, 0.1) is 5.57 Å². The monoisotopic (exact) mass is 197 g/mol. The second kappa shape index (κ2) is 4.56. The van der Waals surface area contributed by atoms with E-state index in [0.29, 0.717) is 17.7 Å². The minimum atomic E-state index is 0.157. The fourth-order valence-corrected chi connectivity index (χ4v) is 1.45. The molecule has 0 N–H and O–H groups in total. The number of aromatic nitrogens is 1. The first-order valence-electron chi connectivity index (χ1n) is 5.03. The molecule has 2 nitrogen and oxygen atoms in total. The van der Waals surface area contributed by atoms with Crippen molar-refractivity contribution in [3.63, 3.8) is 0 Å². The van der Waals surface area contributed by atoms with Crippen LogP contribution in [0.4, 0.5) is 0 Å². The molecule has 1 aliphatic carbocycles. The van der Waals surface area contributed by atoms with Crippen molar-refractivity contribution in [2.75, 3.05) is 0 Å². The average Bonchev–Trinajstić information content (AvgIpc) is 2.29. The molecule has 1 aromatic rings. The van der Waals surface area contributed by atoms with Gasteiger partial charge in [-0.15, -0.1) is 0 Å². The van der Waals surface area contributed by atoms with Gasteiger partial charge in [-0.25, -0.2) is 4.98 Å². The maximum atomic E-state index is 11.4. The Kier molecular flexibility index (Phi) is 2.94. The molecule has 0 aliphatic heterocycles. The summed E-state index contributed by atoms with van der Waals surface area (Å²) in [6, 6.07) is 5.56. The second-order valence-electron chi connectivity index (χ2n) is 3.40. The Morgan fingerprint density at radius 1 is 1.27 bits per heavy atom. The summed E-state index contributed by atoms with van der Waals surface area (Å²) < 4.78 is 0. The zero-order valence-corrected chi connectivity index (χ0v) is 8.36. The second-order valence-corrected chi connectivity index (χ2v) is 3.40. The van der Waals surface area contributed by atoms with E-state index in [-0.39, 0.29) is 5.78 Å². The number of allylic oxidation sites excluding steroid dienone is 2. The first kappa shape index (κ1) is 9.67. The Balaban J connectivity index is 2.18. The summed E-state index contributed by atoms with van der Waals surface area (Å²) in [6.07, 6.45) is 6.15. The molecular formula is C13H11NO. The van der Waals surface area contributed by atoms with Crippen LogP contribution in [0, 0.1) is 11.8 Å². The molecule has 0 atom stereocenters. The van der Waals surface area contributed by atoms with Crippen molar-refractivity contribution >= 4 is 5.78 Å². The van der Waals surface area contributed by atoms with E-state index in [1.54, 1.807) is 6.20 Å². The maximum absolute atomic E-state index is 11.4. The van der Waals surface area contributed by atoms with E-state index in [1.807, 2.05) is 24.3 Å². The van der Waals surface area contributed by atoms with Gasteiger partial charge in [-0.1, -0.05) is 18.1 Å². The van der Waals surface area contributed by atoms with Crippen LogP contribution in [0.2, 0.25) is 0 Å². The van der Waals surface area contributed by atoms with Crippen molar-refractivity contribution in [2.45, 2.75) is 19.3 Å². The van der Waals surface area contributed by atoms with Crippen LogP contribution >= 0.6 is 0 Å². The van der Waals surface area contributed by atoms with Gasteiger partial charge in [0.15, 0.2) is 5.78 Å². The van der Waals surface area contributed by atoms with Crippen LogP contribution in [-0.4, -0.2) is 10.8 Å². The van der Waals surface area contributed by atoms with Gasteiger partial charge >= 0.3 is 0 Å². The number of pyridine rings is 1. The number of nitrogens with zero attached hydrogens (tertiary/aromatic N) is 1. The van der Waals surface area contributed by atoms with Crippen molar-refractivity contribution in [1.29, 1.82) is 0 Å². The van der Waals surface area contributed by atoms with Crippen molar-refractivity contribution < 1.29 is 4.79 Å². The molecule has 0 bridgehead atoms. The Hall–Kier alpha value is -1.88. The highest BCUT2D eigenvalue weighted by molar-refractivity contribution is 6.00. The normalized spacial score (nSPS) is 15.2. The van der Waals surface area contributed by atoms with E-state index in [0.717, 1.165) is 12.8 Å². The third-order valence-electron chi connectivity index (χ3n) is 2.25. The van der Waals surface area contributed by atoms with Gasteiger partial charge in [-0.3, -0.25) is 4.79 Å². The Bertz CT molecular complexity index is 448. The van der Waals surface area contributed by atoms with Crippen LogP contribution in [0.15, 0.2) is 36.0 Å². The SMILES string of the molecule is O=C1CCCC=C1C#Cc1ccccn1. The first-order chi connectivity index (χ1) is 7.36. The van der Waals surface area contributed by atoms with Crippen LogP contribution in [0.25, 0.3) is 0 Å². The summed E-state index contributed by atoms with van der Waals surface area (Å²) in [5, 5.41) is 0. The lowest BCUT2D eigenvalue weighted by Crippen LogP contribution is -2.05. The molecule has 2 rings (SSSR count). The topological polar surface area (TPSA) is 30.0 Å². The van der Waals surface area contributed by atoms with E-state index in [1.165, 1.54) is 0 Å². The Morgan fingerprint density at radius 2 is 2.20 bits per heavy atom. The highest BCUT2D eigenvalue weighted by atomic mass is 16.1. The Labute approximate surface area is 89.0 Å². The van der Waals surface area contributed by atoms with E-state index in [9.17, 15) is 4.79 Å². The van der Waals surface area contributed by atoms with Crippen molar-refractivity contribution in [2.24, 2.45) is 0 Å². The van der Waals surface area contributed by atoms with Crippen LogP contribution in [0.1, 0.15) is 25.0 Å². The number of hydrogen-bond donors (Lipinski definition) is 0. The van der Waals surface area contributed by atoms with E-state index in [2.05, 4.69) is 16.8 Å². The highest BCUT2D eigenvalue weighted by Gasteiger charge is 2.10. The minimum Gasteiger partial charge on any atom is -0.293 e. The van der Waals surface area contributed by atoms with Crippen molar-refractivity contribution in [3.05, 3.63) is 41.7 Å². The predicted octanol–water partition coefficient (Wildman–Crippen LogP) is 2.11. The molecule has 1 heterocycles. The lowest BCUT2D eigenvalue weighted by molar-refractivity contribution is -0.115. The average molecular weight is 197 g/mol.